The normalized spacial score (nSPS) is 10.9. The highest BCUT2D eigenvalue weighted by Gasteiger charge is 2.14. The van der Waals surface area contributed by atoms with Crippen molar-refractivity contribution < 1.29 is 17.9 Å². The summed E-state index contributed by atoms with van der Waals surface area (Å²) in [6, 6.07) is 8.19. The van der Waals surface area contributed by atoms with Gasteiger partial charge in [0, 0.05) is 6.07 Å². The number of hydrogen-bond donors (Lipinski definition) is 0. The number of ether oxygens (including phenoxy) is 1. The van der Waals surface area contributed by atoms with Crippen LogP contribution in [0.25, 0.3) is 22.6 Å². The number of hydrogen-bond acceptors (Lipinski definition) is 3. The standard InChI is InChI=1S/C14H9F2NO2/c1-18-9-3-5-12-13(7-9)19-14(17-12)10-6-8(15)2-4-11(10)16/h2-7H,1H3. The van der Waals surface area contributed by atoms with Gasteiger partial charge in [-0.3, -0.25) is 0 Å². The van der Waals surface area contributed by atoms with Crippen LogP contribution in [0.3, 0.4) is 0 Å². The van der Waals surface area contributed by atoms with Crippen LogP contribution in [0.15, 0.2) is 40.8 Å². The van der Waals surface area contributed by atoms with Crippen molar-refractivity contribution >= 4 is 11.1 Å². The summed E-state index contributed by atoms with van der Waals surface area (Å²) in [6.07, 6.45) is 0. The van der Waals surface area contributed by atoms with Crippen LogP contribution in [0.1, 0.15) is 0 Å². The molecule has 2 aromatic carbocycles. The number of nitrogens with zero attached hydrogens (tertiary/aromatic N) is 1. The van der Waals surface area contributed by atoms with Crippen molar-refractivity contribution in [1.29, 1.82) is 0 Å². The van der Waals surface area contributed by atoms with E-state index < -0.39 is 11.6 Å². The van der Waals surface area contributed by atoms with E-state index in [1.165, 1.54) is 7.11 Å². The monoisotopic (exact) mass is 261 g/mol. The van der Waals surface area contributed by atoms with Gasteiger partial charge in [-0.05, 0) is 30.3 Å². The van der Waals surface area contributed by atoms with Crippen LogP contribution < -0.4 is 4.74 Å². The maximum atomic E-state index is 13.6. The first-order chi connectivity index (χ1) is 9.17. The molecule has 0 atom stereocenters. The van der Waals surface area contributed by atoms with Crippen LogP contribution >= 0.6 is 0 Å². The molecule has 5 heteroatoms. The molecule has 0 amide bonds. The molecule has 96 valence electrons. The third kappa shape index (κ3) is 2.03. The van der Waals surface area contributed by atoms with Crippen LogP contribution in [0, 0.1) is 11.6 Å². The minimum atomic E-state index is -0.583. The van der Waals surface area contributed by atoms with Gasteiger partial charge in [0.1, 0.15) is 22.9 Å². The minimum Gasteiger partial charge on any atom is -0.497 e. The van der Waals surface area contributed by atoms with Crippen molar-refractivity contribution in [2.45, 2.75) is 0 Å². The number of methoxy groups -OCH3 is 1. The number of benzene rings is 2. The molecule has 0 saturated heterocycles. The van der Waals surface area contributed by atoms with Gasteiger partial charge in [-0.15, -0.1) is 0 Å². The first-order valence-electron chi connectivity index (χ1n) is 5.57. The fourth-order valence-electron chi connectivity index (χ4n) is 1.81. The second-order valence-electron chi connectivity index (χ2n) is 3.98. The van der Waals surface area contributed by atoms with E-state index in [2.05, 4.69) is 4.98 Å². The Morgan fingerprint density at radius 1 is 1.11 bits per heavy atom. The molecule has 0 aliphatic carbocycles. The lowest BCUT2D eigenvalue weighted by molar-refractivity contribution is 0.414. The second kappa shape index (κ2) is 4.35. The molecule has 0 unspecified atom stereocenters. The van der Waals surface area contributed by atoms with Gasteiger partial charge in [0.15, 0.2) is 5.58 Å². The van der Waals surface area contributed by atoms with Gasteiger partial charge in [0.05, 0.1) is 12.7 Å². The van der Waals surface area contributed by atoms with E-state index in [1.807, 2.05) is 0 Å². The summed E-state index contributed by atoms with van der Waals surface area (Å²) in [5.41, 5.74) is 1.01. The molecule has 0 saturated carbocycles. The van der Waals surface area contributed by atoms with Gasteiger partial charge in [-0.25, -0.2) is 13.8 Å². The SMILES string of the molecule is COc1ccc2nc(-c3cc(F)ccc3F)oc2c1. The van der Waals surface area contributed by atoms with Gasteiger partial charge in [-0.1, -0.05) is 0 Å². The number of halogens is 2. The summed E-state index contributed by atoms with van der Waals surface area (Å²) in [5, 5.41) is 0. The van der Waals surface area contributed by atoms with Crippen molar-refractivity contribution in [1.82, 2.24) is 4.98 Å². The molecule has 0 N–H and O–H groups in total. The molecule has 0 fully saturated rings. The third-order valence-electron chi connectivity index (χ3n) is 2.75. The molecule has 0 bridgehead atoms. The highest BCUT2D eigenvalue weighted by atomic mass is 19.1. The average Bonchev–Trinajstić information content (AvgIpc) is 2.83. The largest absolute Gasteiger partial charge is 0.497 e. The zero-order chi connectivity index (χ0) is 13.4. The van der Waals surface area contributed by atoms with Crippen molar-refractivity contribution in [3.8, 4) is 17.2 Å². The highest BCUT2D eigenvalue weighted by Crippen LogP contribution is 2.28. The maximum Gasteiger partial charge on any atom is 0.230 e. The Kier molecular flexibility index (Phi) is 2.67. The van der Waals surface area contributed by atoms with Crippen LogP contribution in [-0.2, 0) is 0 Å². The first kappa shape index (κ1) is 11.6. The number of aromatic nitrogens is 1. The van der Waals surface area contributed by atoms with Crippen LogP contribution in [0.4, 0.5) is 8.78 Å². The average molecular weight is 261 g/mol. The summed E-state index contributed by atoms with van der Waals surface area (Å²) in [4.78, 5) is 4.13. The summed E-state index contributed by atoms with van der Waals surface area (Å²) >= 11 is 0. The second-order valence-corrected chi connectivity index (χ2v) is 3.98. The molecule has 19 heavy (non-hydrogen) atoms. The number of fused-ring (bicyclic) bond motifs is 1. The molecule has 3 nitrogen and oxygen atoms in total. The molecule has 0 aliphatic heterocycles. The molecule has 3 rings (SSSR count). The number of rotatable bonds is 2. The van der Waals surface area contributed by atoms with Crippen LogP contribution in [0.5, 0.6) is 5.75 Å². The predicted octanol–water partition coefficient (Wildman–Crippen LogP) is 3.78. The van der Waals surface area contributed by atoms with Gasteiger partial charge >= 0.3 is 0 Å². The van der Waals surface area contributed by atoms with Crippen molar-refractivity contribution in [2.24, 2.45) is 0 Å². The lowest BCUT2D eigenvalue weighted by Crippen LogP contribution is -1.85. The fraction of sp³-hybridized carbons (Fsp3) is 0.0714. The van der Waals surface area contributed by atoms with Crippen LogP contribution in [-0.4, -0.2) is 12.1 Å². The molecule has 3 aromatic rings. The van der Waals surface area contributed by atoms with E-state index in [1.54, 1.807) is 18.2 Å². The van der Waals surface area contributed by atoms with E-state index in [4.69, 9.17) is 9.15 Å². The summed E-state index contributed by atoms with van der Waals surface area (Å²) in [5.74, 6) is -0.480. The van der Waals surface area contributed by atoms with Gasteiger partial charge in [0.2, 0.25) is 5.89 Å². The highest BCUT2D eigenvalue weighted by molar-refractivity contribution is 5.77. The van der Waals surface area contributed by atoms with E-state index in [0.29, 0.717) is 16.8 Å². The molecular weight excluding hydrogens is 252 g/mol. The van der Waals surface area contributed by atoms with Crippen LogP contribution in [0.2, 0.25) is 0 Å². The lowest BCUT2D eigenvalue weighted by Gasteiger charge is -1.97. The van der Waals surface area contributed by atoms with Crippen molar-refractivity contribution in [2.75, 3.05) is 7.11 Å². The molecular formula is C14H9F2NO2. The molecule has 0 aliphatic rings. The van der Waals surface area contributed by atoms with E-state index in [9.17, 15) is 8.78 Å². The predicted molar refractivity (Wildman–Crippen MR) is 65.9 cm³/mol. The van der Waals surface area contributed by atoms with E-state index in [-0.39, 0.29) is 11.5 Å². The maximum absolute atomic E-state index is 13.6. The Morgan fingerprint density at radius 2 is 1.95 bits per heavy atom. The zero-order valence-corrected chi connectivity index (χ0v) is 9.98. The topological polar surface area (TPSA) is 35.3 Å². The third-order valence-corrected chi connectivity index (χ3v) is 2.75. The van der Waals surface area contributed by atoms with E-state index >= 15 is 0 Å². The molecule has 0 radical (unpaired) electrons. The van der Waals surface area contributed by atoms with Gasteiger partial charge in [-0.2, -0.15) is 0 Å². The quantitative estimate of drug-likeness (QED) is 0.704. The Balaban J connectivity index is 2.17. The minimum absolute atomic E-state index is 0.00448. The zero-order valence-electron chi connectivity index (χ0n) is 9.98. The van der Waals surface area contributed by atoms with Crippen molar-refractivity contribution in [3.05, 3.63) is 48.0 Å². The fourth-order valence-corrected chi connectivity index (χ4v) is 1.81. The van der Waals surface area contributed by atoms with Gasteiger partial charge in [0.25, 0.3) is 0 Å². The molecule has 1 heterocycles. The summed E-state index contributed by atoms with van der Waals surface area (Å²) in [6.45, 7) is 0. The van der Waals surface area contributed by atoms with Gasteiger partial charge < -0.3 is 9.15 Å². The molecule has 1 aromatic heterocycles. The summed E-state index contributed by atoms with van der Waals surface area (Å²) in [7, 11) is 1.53. The first-order valence-corrected chi connectivity index (χ1v) is 5.57. The van der Waals surface area contributed by atoms with E-state index in [0.717, 1.165) is 18.2 Å². The summed E-state index contributed by atoms with van der Waals surface area (Å²) < 4.78 is 37.3. The molecule has 0 spiro atoms. The Hall–Kier alpha value is -2.43. The lowest BCUT2D eigenvalue weighted by atomic mass is 10.2. The Bertz CT molecular complexity index is 752. The number of oxazole rings is 1. The Labute approximate surface area is 107 Å². The Morgan fingerprint density at radius 3 is 2.74 bits per heavy atom. The smallest absolute Gasteiger partial charge is 0.230 e. The van der Waals surface area contributed by atoms with Crippen molar-refractivity contribution in [3.63, 3.8) is 0 Å².